The minimum Gasteiger partial charge on any atom is -0.497 e. The maximum atomic E-state index is 12.6. The Kier molecular flexibility index (Phi) is 8.69. The highest BCUT2D eigenvalue weighted by Gasteiger charge is 2.13. The molecule has 210 valence electrons. The second kappa shape index (κ2) is 13.1. The molecule has 9 nitrogen and oxygen atoms in total. The molecule has 0 aliphatic rings. The monoisotopic (exact) mass is 561 g/mol. The molecule has 0 unspecified atom stereocenters. The minimum absolute atomic E-state index is 0.250. The van der Waals surface area contributed by atoms with E-state index >= 15 is 0 Å². The molecule has 4 aromatic carbocycles. The van der Waals surface area contributed by atoms with Gasteiger partial charge in [-0.3, -0.25) is 9.78 Å². The topological polar surface area (TPSA) is 108 Å². The Balaban J connectivity index is 1.15. The van der Waals surface area contributed by atoms with E-state index in [9.17, 15) is 9.59 Å². The molecule has 1 heterocycles. The molecule has 9 heteroatoms. The van der Waals surface area contributed by atoms with E-state index in [4.69, 9.17) is 18.9 Å². The zero-order valence-corrected chi connectivity index (χ0v) is 22.9. The maximum absolute atomic E-state index is 12.6. The Morgan fingerprint density at radius 2 is 1.57 bits per heavy atom. The van der Waals surface area contributed by atoms with Gasteiger partial charge in [0.15, 0.2) is 11.5 Å². The first-order valence-corrected chi connectivity index (χ1v) is 13.0. The number of amides is 1. The number of ether oxygens (including phenoxy) is 4. The van der Waals surface area contributed by atoms with Crippen molar-refractivity contribution >= 4 is 29.0 Å². The van der Waals surface area contributed by atoms with Crippen LogP contribution < -0.4 is 24.4 Å². The first-order valence-electron chi connectivity index (χ1n) is 13.0. The van der Waals surface area contributed by atoms with Gasteiger partial charge in [0.25, 0.3) is 5.91 Å². The molecule has 0 aliphatic carbocycles. The second-order valence-corrected chi connectivity index (χ2v) is 9.04. The van der Waals surface area contributed by atoms with Crippen LogP contribution >= 0.6 is 0 Å². The highest BCUT2D eigenvalue weighted by molar-refractivity contribution is 5.95. The molecule has 0 spiro atoms. The van der Waals surface area contributed by atoms with E-state index in [0.29, 0.717) is 40.5 Å². The number of carbonyl (C=O) groups is 2. The Hall–Kier alpha value is -5.70. The summed E-state index contributed by atoms with van der Waals surface area (Å²) in [4.78, 5) is 29.5. The van der Waals surface area contributed by atoms with Gasteiger partial charge in [-0.1, -0.05) is 30.3 Å². The van der Waals surface area contributed by atoms with Crippen molar-refractivity contribution in [1.29, 1.82) is 0 Å². The number of para-hydroxylation sites is 1. The van der Waals surface area contributed by atoms with Crippen LogP contribution in [-0.2, 0) is 6.61 Å². The average Bonchev–Trinajstić information content (AvgIpc) is 3.04. The van der Waals surface area contributed by atoms with E-state index < -0.39 is 5.97 Å². The number of nitrogens with zero attached hydrogens (tertiary/aromatic N) is 2. The summed E-state index contributed by atoms with van der Waals surface area (Å²) in [5, 5.41) is 5.05. The number of esters is 1. The molecule has 0 bridgehead atoms. The Morgan fingerprint density at radius 1 is 0.810 bits per heavy atom. The Labute approximate surface area is 242 Å². The number of nitrogens with one attached hydrogen (secondary N) is 1. The van der Waals surface area contributed by atoms with E-state index in [-0.39, 0.29) is 11.7 Å². The summed E-state index contributed by atoms with van der Waals surface area (Å²) < 4.78 is 21.9. The van der Waals surface area contributed by atoms with Crippen molar-refractivity contribution in [1.82, 2.24) is 10.4 Å². The number of rotatable bonds is 10. The van der Waals surface area contributed by atoms with E-state index in [2.05, 4.69) is 15.5 Å². The number of methoxy groups -OCH3 is 2. The predicted octanol–water partition coefficient (Wildman–Crippen LogP) is 5.81. The normalized spacial score (nSPS) is 10.8. The van der Waals surface area contributed by atoms with Crippen LogP contribution in [0.4, 0.5) is 0 Å². The molecule has 0 fully saturated rings. The molecule has 0 aliphatic heterocycles. The predicted molar refractivity (Wildman–Crippen MR) is 159 cm³/mol. The zero-order chi connectivity index (χ0) is 29.3. The summed E-state index contributed by atoms with van der Waals surface area (Å²) in [6, 6.07) is 28.2. The van der Waals surface area contributed by atoms with E-state index in [1.165, 1.54) is 13.3 Å². The Morgan fingerprint density at radius 3 is 2.33 bits per heavy atom. The lowest BCUT2D eigenvalue weighted by molar-refractivity contribution is 0.0729. The molecule has 5 aromatic rings. The number of carbonyl (C=O) groups excluding carboxylic acids is 2. The molecule has 0 atom stereocenters. The smallest absolute Gasteiger partial charge is 0.343 e. The molecule has 42 heavy (non-hydrogen) atoms. The van der Waals surface area contributed by atoms with Crippen molar-refractivity contribution in [3.8, 4) is 23.0 Å². The number of aromatic nitrogens is 1. The lowest BCUT2D eigenvalue weighted by atomic mass is 10.1. The van der Waals surface area contributed by atoms with Gasteiger partial charge in [-0.15, -0.1) is 0 Å². The summed E-state index contributed by atoms with van der Waals surface area (Å²) in [7, 11) is 3.02. The first kappa shape index (κ1) is 27.9. The second-order valence-electron chi connectivity index (χ2n) is 9.04. The van der Waals surface area contributed by atoms with Gasteiger partial charge in [0.05, 0.1) is 26.0 Å². The van der Waals surface area contributed by atoms with Crippen LogP contribution in [-0.4, -0.2) is 37.3 Å². The zero-order valence-electron chi connectivity index (χ0n) is 22.9. The number of hydrogen-bond donors (Lipinski definition) is 1. The Bertz CT molecular complexity index is 1730. The molecular formula is C33H27N3O6. The van der Waals surface area contributed by atoms with Crippen LogP contribution in [0, 0.1) is 0 Å². The number of hydrogen-bond acceptors (Lipinski definition) is 8. The fourth-order valence-electron chi connectivity index (χ4n) is 4.07. The summed E-state index contributed by atoms with van der Waals surface area (Å²) in [6.45, 7) is 0.336. The number of hydrazone groups is 1. The largest absolute Gasteiger partial charge is 0.497 e. The lowest BCUT2D eigenvalue weighted by Crippen LogP contribution is -2.17. The van der Waals surface area contributed by atoms with Gasteiger partial charge in [-0.25, -0.2) is 10.2 Å². The fourth-order valence-corrected chi connectivity index (χ4v) is 4.07. The summed E-state index contributed by atoms with van der Waals surface area (Å²) in [5.41, 5.74) is 5.67. The third-order valence-corrected chi connectivity index (χ3v) is 6.30. The van der Waals surface area contributed by atoms with Crippen molar-refractivity contribution in [2.75, 3.05) is 14.2 Å². The molecule has 5 rings (SSSR count). The van der Waals surface area contributed by atoms with Gasteiger partial charge < -0.3 is 18.9 Å². The minimum atomic E-state index is -0.534. The molecule has 0 saturated heterocycles. The maximum Gasteiger partial charge on any atom is 0.343 e. The third kappa shape index (κ3) is 6.71. The average molecular weight is 562 g/mol. The van der Waals surface area contributed by atoms with Gasteiger partial charge in [-0.2, -0.15) is 5.10 Å². The molecule has 1 aromatic heterocycles. The molecular weight excluding hydrogens is 534 g/mol. The van der Waals surface area contributed by atoms with Crippen molar-refractivity contribution in [3.63, 3.8) is 0 Å². The highest BCUT2D eigenvalue weighted by Crippen LogP contribution is 2.29. The number of benzene rings is 4. The SMILES string of the molecule is COc1ccc(C(=O)Oc2ccc(C=NNC(=O)c3ccc(COc4cccc5cccnc45)cc3)cc2OC)cc1. The van der Waals surface area contributed by atoms with E-state index in [1.54, 1.807) is 67.9 Å². The quantitative estimate of drug-likeness (QED) is 0.0992. The van der Waals surface area contributed by atoms with Crippen LogP contribution in [0.5, 0.6) is 23.0 Å². The third-order valence-electron chi connectivity index (χ3n) is 6.30. The first-order chi connectivity index (χ1) is 20.5. The van der Waals surface area contributed by atoms with Gasteiger partial charge in [-0.05, 0) is 77.9 Å². The van der Waals surface area contributed by atoms with Gasteiger partial charge in [0, 0.05) is 17.1 Å². The molecule has 1 N–H and O–H groups in total. The van der Waals surface area contributed by atoms with E-state index in [0.717, 1.165) is 16.5 Å². The summed E-state index contributed by atoms with van der Waals surface area (Å²) >= 11 is 0. The van der Waals surface area contributed by atoms with Crippen molar-refractivity contribution in [2.24, 2.45) is 5.10 Å². The number of pyridine rings is 1. The van der Waals surface area contributed by atoms with Crippen molar-refractivity contribution in [2.45, 2.75) is 6.61 Å². The van der Waals surface area contributed by atoms with Gasteiger partial charge in [0.2, 0.25) is 0 Å². The molecule has 1 amide bonds. The van der Waals surface area contributed by atoms with Gasteiger partial charge in [0.1, 0.15) is 23.6 Å². The molecule has 0 saturated carbocycles. The molecule has 0 radical (unpaired) electrons. The van der Waals surface area contributed by atoms with Crippen LogP contribution in [0.2, 0.25) is 0 Å². The van der Waals surface area contributed by atoms with E-state index in [1.807, 2.05) is 42.5 Å². The van der Waals surface area contributed by atoms with Crippen LogP contribution in [0.15, 0.2) is 108 Å². The summed E-state index contributed by atoms with van der Waals surface area (Å²) in [5.74, 6) is 1.02. The summed E-state index contributed by atoms with van der Waals surface area (Å²) in [6.07, 6.45) is 3.20. The van der Waals surface area contributed by atoms with Crippen molar-refractivity contribution in [3.05, 3.63) is 126 Å². The standard InChI is InChI=1S/C33H27N3O6/c1-39-27-15-13-26(14-16-27)33(38)42-28-17-10-23(19-30(28)40-2)20-35-36-32(37)25-11-8-22(9-12-25)21-41-29-7-3-5-24-6-4-18-34-31(24)29/h3-20H,21H2,1-2H3,(H,36,37). The lowest BCUT2D eigenvalue weighted by Gasteiger charge is -2.10. The fraction of sp³-hybridized carbons (Fsp3) is 0.0909. The van der Waals surface area contributed by atoms with Crippen molar-refractivity contribution < 1.29 is 28.5 Å². The number of fused-ring (bicyclic) bond motifs is 1. The van der Waals surface area contributed by atoms with Crippen LogP contribution in [0.25, 0.3) is 10.9 Å². The van der Waals surface area contributed by atoms with Gasteiger partial charge >= 0.3 is 5.97 Å². The highest BCUT2D eigenvalue weighted by atomic mass is 16.6. The van der Waals surface area contributed by atoms with Crippen LogP contribution in [0.1, 0.15) is 31.8 Å². The van der Waals surface area contributed by atoms with Crippen LogP contribution in [0.3, 0.4) is 0 Å².